The van der Waals surface area contributed by atoms with E-state index in [4.69, 9.17) is 27.9 Å². The maximum Gasteiger partial charge on any atom is 0.306 e. The first-order valence-corrected chi connectivity index (χ1v) is 15.5. The predicted molar refractivity (Wildman–Crippen MR) is 186 cm³/mol. The number of alkyl halides is 2. The van der Waals surface area contributed by atoms with E-state index >= 15 is 0 Å². The molecule has 4 aromatic carbocycles. The van der Waals surface area contributed by atoms with E-state index in [1.54, 1.807) is 0 Å². The molecule has 0 aromatic heterocycles. The number of hydrogen-bond donors (Lipinski definition) is 0. The average molecular weight is 603 g/mol. The van der Waals surface area contributed by atoms with Gasteiger partial charge in [0, 0.05) is 37.0 Å². The van der Waals surface area contributed by atoms with Crippen LogP contribution in [0.3, 0.4) is 0 Å². The van der Waals surface area contributed by atoms with Gasteiger partial charge in [0.1, 0.15) is 6.61 Å². The highest BCUT2D eigenvalue weighted by atomic mass is 35.5. The van der Waals surface area contributed by atoms with Crippen LogP contribution in [0, 0.1) is 0 Å². The van der Waals surface area contributed by atoms with Crippen LogP contribution in [-0.2, 0) is 16.0 Å². The van der Waals surface area contributed by atoms with Gasteiger partial charge in [0.05, 0.1) is 0 Å². The Bertz CT molecular complexity index is 1640. The predicted octanol–water partition coefficient (Wildman–Crippen LogP) is 8.35. The SMILES string of the molecule is C=Cc1cccc2c1c(=C)c(=C)c1c(C(=C)COC(=O)CCCc3ccc(N(CCCl)CCCl)cc3)cccc12.CC. The number of esters is 1. The number of carbonyl (C=O) groups is 1. The van der Waals surface area contributed by atoms with E-state index in [9.17, 15) is 4.79 Å². The molecule has 0 amide bonds. The third-order valence-electron chi connectivity index (χ3n) is 7.28. The summed E-state index contributed by atoms with van der Waals surface area (Å²) in [7, 11) is 0. The van der Waals surface area contributed by atoms with E-state index in [0.717, 1.165) is 73.9 Å². The van der Waals surface area contributed by atoms with E-state index in [1.807, 2.05) is 44.2 Å². The van der Waals surface area contributed by atoms with E-state index < -0.39 is 0 Å². The van der Waals surface area contributed by atoms with Crippen LogP contribution < -0.4 is 15.3 Å². The van der Waals surface area contributed by atoms with Crippen LogP contribution in [-0.4, -0.2) is 37.4 Å². The highest BCUT2D eigenvalue weighted by Gasteiger charge is 2.13. The van der Waals surface area contributed by atoms with Crippen LogP contribution in [0.4, 0.5) is 5.69 Å². The maximum atomic E-state index is 12.6. The molecule has 0 fully saturated rings. The standard InChI is InChI=1S/C35H35Cl2NO2.C2H6/c1-5-28-10-7-12-31-32-13-8-11-30(35(32)26(4)25(3)34(28)31)24(2)23-40-33(39)14-6-9-27-15-17-29(18-16-27)38(21-19-36)22-20-37;1-2/h5,7-8,10-13,15-18H,1-4,6,9,14,19-23H2;1-2H3. The van der Waals surface area contributed by atoms with Crippen LogP contribution in [0.15, 0.2) is 73.8 Å². The summed E-state index contributed by atoms with van der Waals surface area (Å²) in [5.74, 6) is 0.866. The van der Waals surface area contributed by atoms with Crippen molar-refractivity contribution in [3.63, 3.8) is 0 Å². The van der Waals surface area contributed by atoms with Gasteiger partial charge >= 0.3 is 5.97 Å². The van der Waals surface area contributed by atoms with Gasteiger partial charge in [-0.2, -0.15) is 0 Å². The lowest BCUT2D eigenvalue weighted by Crippen LogP contribution is -2.27. The summed E-state index contributed by atoms with van der Waals surface area (Å²) in [6.07, 6.45) is 3.69. The van der Waals surface area contributed by atoms with Crippen molar-refractivity contribution in [2.75, 3.05) is 36.4 Å². The quantitative estimate of drug-likeness (QED) is 0.0876. The van der Waals surface area contributed by atoms with Crippen molar-refractivity contribution in [2.24, 2.45) is 0 Å². The van der Waals surface area contributed by atoms with E-state index in [1.165, 1.54) is 5.56 Å². The van der Waals surface area contributed by atoms with Crippen molar-refractivity contribution in [1.29, 1.82) is 0 Å². The normalized spacial score (nSPS) is 10.7. The number of benzene rings is 4. The number of carbonyl (C=O) groups excluding carboxylic acids is 1. The van der Waals surface area contributed by atoms with Crippen molar-refractivity contribution in [3.05, 3.63) is 101 Å². The summed E-state index contributed by atoms with van der Waals surface area (Å²) in [5, 5.41) is 5.92. The van der Waals surface area contributed by atoms with Gasteiger partial charge in [0.25, 0.3) is 0 Å². The molecule has 3 nitrogen and oxygen atoms in total. The Hall–Kier alpha value is -3.53. The zero-order chi connectivity index (χ0) is 30.6. The smallest absolute Gasteiger partial charge is 0.306 e. The number of aryl methyl sites for hydroxylation is 1. The number of anilines is 1. The fourth-order valence-electron chi connectivity index (χ4n) is 5.20. The topological polar surface area (TPSA) is 29.5 Å². The molecule has 220 valence electrons. The van der Waals surface area contributed by atoms with Gasteiger partial charge < -0.3 is 9.64 Å². The number of hydrogen-bond acceptors (Lipinski definition) is 3. The molecule has 0 heterocycles. The average Bonchev–Trinajstić information content (AvgIpc) is 3.03. The first kappa shape index (κ1) is 33.0. The molecule has 4 rings (SSSR count). The first-order valence-electron chi connectivity index (χ1n) is 14.5. The Kier molecular flexibility index (Phi) is 12.7. The Morgan fingerprint density at radius 1 is 0.881 bits per heavy atom. The van der Waals surface area contributed by atoms with Crippen molar-refractivity contribution < 1.29 is 9.53 Å². The summed E-state index contributed by atoms with van der Waals surface area (Å²) in [4.78, 5) is 14.7. The molecule has 0 atom stereocenters. The van der Waals surface area contributed by atoms with E-state index in [2.05, 4.69) is 67.6 Å². The first-order chi connectivity index (χ1) is 20.4. The van der Waals surface area contributed by atoms with Crippen molar-refractivity contribution >= 4 is 81.2 Å². The zero-order valence-corrected chi connectivity index (χ0v) is 26.4. The molecule has 0 aliphatic carbocycles. The van der Waals surface area contributed by atoms with Gasteiger partial charge in [-0.1, -0.05) is 94.8 Å². The summed E-state index contributed by atoms with van der Waals surface area (Å²) in [6.45, 7) is 22.5. The minimum Gasteiger partial charge on any atom is -0.461 e. The Labute approximate surface area is 260 Å². The Morgan fingerprint density at radius 3 is 2.10 bits per heavy atom. The third kappa shape index (κ3) is 7.65. The maximum absolute atomic E-state index is 12.6. The minimum absolute atomic E-state index is 0.125. The molecule has 0 saturated heterocycles. The van der Waals surface area contributed by atoms with E-state index in [-0.39, 0.29) is 12.6 Å². The summed E-state index contributed by atoms with van der Waals surface area (Å²) >= 11 is 11.8. The lowest BCUT2D eigenvalue weighted by atomic mass is 9.91. The molecule has 0 aliphatic rings. The van der Waals surface area contributed by atoms with Crippen LogP contribution in [0.1, 0.15) is 43.4 Å². The van der Waals surface area contributed by atoms with Crippen LogP contribution >= 0.6 is 23.2 Å². The van der Waals surface area contributed by atoms with Crippen molar-refractivity contribution in [2.45, 2.75) is 33.1 Å². The van der Waals surface area contributed by atoms with Crippen molar-refractivity contribution in [1.82, 2.24) is 0 Å². The van der Waals surface area contributed by atoms with Crippen LogP contribution in [0.5, 0.6) is 0 Å². The Balaban J connectivity index is 0.00000237. The van der Waals surface area contributed by atoms with Gasteiger partial charge in [-0.3, -0.25) is 4.79 Å². The molecule has 0 saturated carbocycles. The summed E-state index contributed by atoms with van der Waals surface area (Å²) in [5.41, 5.74) is 4.96. The fourth-order valence-corrected chi connectivity index (χ4v) is 5.61. The number of ether oxygens (including phenoxy) is 1. The lowest BCUT2D eigenvalue weighted by molar-refractivity contribution is -0.142. The largest absolute Gasteiger partial charge is 0.461 e. The number of fused-ring (bicyclic) bond motifs is 3. The van der Waals surface area contributed by atoms with Crippen LogP contribution in [0.2, 0.25) is 0 Å². The van der Waals surface area contributed by atoms with Crippen molar-refractivity contribution in [3.8, 4) is 0 Å². The summed E-state index contributed by atoms with van der Waals surface area (Å²) in [6, 6.07) is 20.6. The molecule has 0 spiro atoms. The number of rotatable bonds is 13. The Morgan fingerprint density at radius 2 is 1.48 bits per heavy atom. The second kappa shape index (κ2) is 16.2. The number of nitrogens with zero attached hydrogens (tertiary/aromatic N) is 1. The molecule has 4 aromatic rings. The van der Waals surface area contributed by atoms with Gasteiger partial charge in [-0.05, 0) is 79.2 Å². The third-order valence-corrected chi connectivity index (χ3v) is 7.62. The van der Waals surface area contributed by atoms with E-state index in [0.29, 0.717) is 24.6 Å². The molecule has 0 N–H and O–H groups in total. The molecule has 0 aliphatic heterocycles. The second-order valence-electron chi connectivity index (χ2n) is 9.81. The molecule has 0 radical (unpaired) electrons. The fraction of sp³-hybridized carbons (Fsp3) is 0.270. The van der Waals surface area contributed by atoms with Gasteiger partial charge in [0.2, 0.25) is 0 Å². The lowest BCUT2D eigenvalue weighted by Gasteiger charge is -2.23. The van der Waals surface area contributed by atoms with Gasteiger partial charge in [0.15, 0.2) is 0 Å². The van der Waals surface area contributed by atoms with Gasteiger partial charge in [-0.15, -0.1) is 23.2 Å². The highest BCUT2D eigenvalue weighted by molar-refractivity contribution is 6.18. The molecule has 0 bridgehead atoms. The molecular formula is C37H41Cl2NO2. The monoisotopic (exact) mass is 601 g/mol. The van der Waals surface area contributed by atoms with Gasteiger partial charge in [-0.25, -0.2) is 0 Å². The van der Waals surface area contributed by atoms with Crippen LogP contribution in [0.25, 0.3) is 46.4 Å². The number of halogens is 2. The molecule has 0 unspecified atom stereocenters. The molecule has 5 heteroatoms. The second-order valence-corrected chi connectivity index (χ2v) is 10.6. The summed E-state index contributed by atoms with van der Waals surface area (Å²) < 4.78 is 5.62. The zero-order valence-electron chi connectivity index (χ0n) is 24.9. The molecule has 42 heavy (non-hydrogen) atoms. The molecular weight excluding hydrogens is 561 g/mol. The highest BCUT2D eigenvalue weighted by Crippen LogP contribution is 2.28. The minimum atomic E-state index is -0.234.